The highest BCUT2D eigenvalue weighted by molar-refractivity contribution is 7.90. The minimum absolute atomic E-state index is 0.0870. The zero-order valence-electron chi connectivity index (χ0n) is 24.5. The number of hydroxylamine groups is 2. The molecule has 1 aliphatic heterocycles. The lowest BCUT2D eigenvalue weighted by molar-refractivity contribution is -0.171. The van der Waals surface area contributed by atoms with Crippen LogP contribution in [0.15, 0.2) is 15.4 Å². The summed E-state index contributed by atoms with van der Waals surface area (Å²) in [6, 6.07) is 0.758. The number of aryl methyl sites for hydroxylation is 1. The number of hydrogen-bond donors (Lipinski definition) is 2. The molecule has 12 nitrogen and oxygen atoms in total. The number of sulfonamides is 1. The normalized spacial score (nSPS) is 17.4. The Labute approximate surface area is 231 Å². The average Bonchev–Trinajstić information content (AvgIpc) is 2.83. The number of hydrogen-bond acceptors (Lipinski definition) is 7. The summed E-state index contributed by atoms with van der Waals surface area (Å²) in [5.41, 5.74) is 7.27. The predicted molar refractivity (Wildman–Crippen MR) is 148 cm³/mol. The zero-order valence-corrected chi connectivity index (χ0v) is 25.3. The molecule has 0 saturated carbocycles. The van der Waals surface area contributed by atoms with E-state index in [4.69, 9.17) is 20.0 Å². The van der Waals surface area contributed by atoms with Crippen molar-refractivity contribution in [2.45, 2.75) is 77.3 Å². The number of carbonyl (C=O) groups is 2. The third-order valence-electron chi connectivity index (χ3n) is 6.66. The quantitative estimate of drug-likeness (QED) is 0.273. The first-order chi connectivity index (χ1) is 18.0. The van der Waals surface area contributed by atoms with Crippen LogP contribution in [0.5, 0.6) is 5.75 Å². The summed E-state index contributed by atoms with van der Waals surface area (Å²) < 4.78 is 41.3. The number of guanidine groups is 1. The van der Waals surface area contributed by atoms with Crippen molar-refractivity contribution in [1.29, 1.82) is 0 Å². The number of benzene rings is 1. The monoisotopic (exact) mass is 569 g/mol. The van der Waals surface area contributed by atoms with Gasteiger partial charge in [0.15, 0.2) is 0 Å². The molecular formula is C26H43N5O7S. The number of nitrogens with one attached hydrogen (secondary N) is 1. The Morgan fingerprint density at radius 1 is 1.23 bits per heavy atom. The molecule has 0 spiro atoms. The van der Waals surface area contributed by atoms with Gasteiger partial charge in [-0.05, 0) is 89.5 Å². The van der Waals surface area contributed by atoms with Gasteiger partial charge in [-0.15, -0.1) is 4.40 Å². The Morgan fingerprint density at radius 3 is 2.44 bits per heavy atom. The second-order valence-electron chi connectivity index (χ2n) is 10.8. The highest BCUT2D eigenvalue weighted by atomic mass is 32.2. The van der Waals surface area contributed by atoms with E-state index in [1.807, 2.05) is 0 Å². The topological polar surface area (TPSA) is 153 Å². The van der Waals surface area contributed by atoms with E-state index >= 15 is 0 Å². The molecule has 220 valence electrons. The fourth-order valence-electron chi connectivity index (χ4n) is 4.64. The fourth-order valence-corrected chi connectivity index (χ4v) is 6.10. The van der Waals surface area contributed by atoms with Gasteiger partial charge in [0.2, 0.25) is 5.96 Å². The van der Waals surface area contributed by atoms with E-state index < -0.39 is 33.7 Å². The highest BCUT2D eigenvalue weighted by Gasteiger charge is 2.32. The summed E-state index contributed by atoms with van der Waals surface area (Å²) in [5, 5.41) is 3.70. The number of nitrogens with two attached hydrogens (primary N) is 1. The maximum Gasteiger partial charge on any atom is 0.408 e. The van der Waals surface area contributed by atoms with E-state index in [9.17, 15) is 18.0 Å². The van der Waals surface area contributed by atoms with E-state index in [2.05, 4.69) is 9.71 Å². The van der Waals surface area contributed by atoms with Crippen molar-refractivity contribution < 1.29 is 32.3 Å². The molecule has 1 aromatic rings. The van der Waals surface area contributed by atoms with Gasteiger partial charge in [-0.25, -0.2) is 9.86 Å². The SMILES string of the molecule is COc1cc(C)c(S(=O)(=O)N=C(N)N2CCC[C@H](C[C@H](NC(=O)OC(C)(C)C)C(=O)N(C)OC)C2)c(C)c1C. The van der Waals surface area contributed by atoms with Crippen molar-refractivity contribution in [3.05, 3.63) is 22.8 Å². The molecule has 1 heterocycles. The number of amides is 2. The predicted octanol–water partition coefficient (Wildman–Crippen LogP) is 2.64. The Balaban J connectivity index is 2.26. The number of likely N-dealkylation sites (tertiary alicyclic amines) is 1. The fraction of sp³-hybridized carbons (Fsp3) is 0.654. The van der Waals surface area contributed by atoms with Crippen molar-refractivity contribution in [2.75, 3.05) is 34.4 Å². The maximum absolute atomic E-state index is 13.3. The highest BCUT2D eigenvalue weighted by Crippen LogP contribution is 2.32. The van der Waals surface area contributed by atoms with E-state index in [0.717, 1.165) is 11.5 Å². The molecule has 0 bridgehead atoms. The smallest absolute Gasteiger partial charge is 0.408 e. The molecule has 2 amide bonds. The maximum atomic E-state index is 13.3. The number of ether oxygens (including phenoxy) is 2. The summed E-state index contributed by atoms with van der Waals surface area (Å²) >= 11 is 0. The van der Waals surface area contributed by atoms with Gasteiger partial charge >= 0.3 is 6.09 Å². The largest absolute Gasteiger partial charge is 0.496 e. The van der Waals surface area contributed by atoms with Gasteiger partial charge in [-0.2, -0.15) is 8.42 Å². The van der Waals surface area contributed by atoms with Crippen LogP contribution in [0, 0.1) is 26.7 Å². The lowest BCUT2D eigenvalue weighted by atomic mass is 9.91. The summed E-state index contributed by atoms with van der Waals surface area (Å²) in [5.74, 6) is -0.0477. The Morgan fingerprint density at radius 2 is 1.87 bits per heavy atom. The van der Waals surface area contributed by atoms with Crippen molar-refractivity contribution in [2.24, 2.45) is 16.0 Å². The van der Waals surface area contributed by atoms with Gasteiger partial charge in [-0.1, -0.05) is 0 Å². The average molecular weight is 570 g/mol. The molecule has 1 fully saturated rings. The van der Waals surface area contributed by atoms with Crippen molar-refractivity contribution >= 4 is 28.0 Å². The van der Waals surface area contributed by atoms with Crippen LogP contribution in [0.25, 0.3) is 0 Å². The van der Waals surface area contributed by atoms with Crippen LogP contribution in [0.2, 0.25) is 0 Å². The minimum atomic E-state index is -4.10. The molecule has 39 heavy (non-hydrogen) atoms. The van der Waals surface area contributed by atoms with Crippen LogP contribution in [0.4, 0.5) is 4.79 Å². The standard InChI is InChI=1S/C26H43N5O7S/c1-16-13-21(36-8)17(2)18(3)22(16)39(34,35)29-24(27)31-12-10-11-19(15-31)14-20(23(32)30(7)37-9)28-25(33)38-26(4,5)6/h13,19-20H,10-12,14-15H2,1-9H3,(H2,27,29)(H,28,33)/t19-,20+/m1/s1. The zero-order chi connectivity index (χ0) is 29.7. The van der Waals surface area contributed by atoms with E-state index in [1.165, 1.54) is 21.3 Å². The summed E-state index contributed by atoms with van der Waals surface area (Å²) in [6.07, 6.45) is 1.01. The molecule has 1 aliphatic rings. The summed E-state index contributed by atoms with van der Waals surface area (Å²) in [4.78, 5) is 32.2. The number of carbonyl (C=O) groups excluding carboxylic acids is 2. The number of piperidine rings is 1. The van der Waals surface area contributed by atoms with Gasteiger partial charge in [0, 0.05) is 20.1 Å². The number of alkyl carbamates (subject to hydrolysis) is 1. The molecule has 1 aromatic carbocycles. The number of rotatable bonds is 8. The first kappa shape index (κ1) is 32.2. The minimum Gasteiger partial charge on any atom is -0.496 e. The molecule has 0 aromatic heterocycles. The lowest BCUT2D eigenvalue weighted by Crippen LogP contribution is -2.51. The Hall–Kier alpha value is -3.06. The van der Waals surface area contributed by atoms with E-state index in [1.54, 1.807) is 52.5 Å². The molecule has 0 radical (unpaired) electrons. The summed E-state index contributed by atoms with van der Waals surface area (Å²) in [7, 11) is 0.245. The van der Waals surface area contributed by atoms with E-state index in [0.29, 0.717) is 42.0 Å². The Bertz CT molecular complexity index is 1190. The van der Waals surface area contributed by atoms with Crippen LogP contribution in [-0.4, -0.2) is 82.3 Å². The van der Waals surface area contributed by atoms with Crippen LogP contribution in [0.3, 0.4) is 0 Å². The Kier molecular flexibility index (Phi) is 10.6. The third kappa shape index (κ3) is 8.46. The van der Waals surface area contributed by atoms with Gasteiger partial charge in [0.1, 0.15) is 17.4 Å². The van der Waals surface area contributed by atoms with Crippen molar-refractivity contribution in [1.82, 2.24) is 15.3 Å². The van der Waals surface area contributed by atoms with E-state index in [-0.39, 0.29) is 23.2 Å². The molecule has 2 atom stereocenters. The molecule has 0 unspecified atom stereocenters. The van der Waals surface area contributed by atoms with Crippen LogP contribution in [0.1, 0.15) is 56.7 Å². The number of nitrogens with zero attached hydrogens (tertiary/aromatic N) is 3. The molecular weight excluding hydrogens is 526 g/mol. The van der Waals surface area contributed by atoms with Gasteiger partial charge in [-0.3, -0.25) is 9.63 Å². The van der Waals surface area contributed by atoms with Gasteiger partial charge in [0.25, 0.3) is 15.9 Å². The molecule has 3 N–H and O–H groups in total. The first-order valence-corrected chi connectivity index (χ1v) is 14.3. The van der Waals surface area contributed by atoms with Crippen molar-refractivity contribution in [3.63, 3.8) is 0 Å². The van der Waals surface area contributed by atoms with Gasteiger partial charge in [0.05, 0.1) is 19.1 Å². The van der Waals surface area contributed by atoms with Gasteiger partial charge < -0.3 is 25.4 Å². The first-order valence-electron chi connectivity index (χ1n) is 12.8. The molecule has 1 saturated heterocycles. The third-order valence-corrected chi connectivity index (χ3v) is 8.23. The second-order valence-corrected chi connectivity index (χ2v) is 12.3. The van der Waals surface area contributed by atoms with Crippen LogP contribution in [-0.2, 0) is 24.4 Å². The molecule has 0 aliphatic carbocycles. The second kappa shape index (κ2) is 12.9. The van der Waals surface area contributed by atoms with Crippen LogP contribution < -0.4 is 15.8 Å². The lowest BCUT2D eigenvalue weighted by Gasteiger charge is -2.35. The van der Waals surface area contributed by atoms with Crippen LogP contribution >= 0.6 is 0 Å². The summed E-state index contributed by atoms with van der Waals surface area (Å²) in [6.45, 7) is 11.3. The number of likely N-dealkylation sites (N-methyl/N-ethyl adjacent to an activating group) is 1. The van der Waals surface area contributed by atoms with Crippen molar-refractivity contribution in [3.8, 4) is 5.75 Å². The molecule has 2 rings (SSSR count). The molecule has 13 heteroatoms. The number of methoxy groups -OCH3 is 1.